The molecule has 2 aliphatic rings. The van der Waals surface area contributed by atoms with Gasteiger partial charge in [-0.05, 0) is 23.8 Å². The van der Waals surface area contributed by atoms with Gasteiger partial charge in [-0.3, -0.25) is 4.79 Å². The Kier molecular flexibility index (Phi) is 3.61. The topological polar surface area (TPSA) is 92.5 Å². The minimum Gasteiger partial charge on any atom is -0.595 e. The molecule has 2 aliphatic heterocycles. The van der Waals surface area contributed by atoms with Gasteiger partial charge in [-0.25, -0.2) is 5.21 Å². The van der Waals surface area contributed by atoms with Gasteiger partial charge in [0.05, 0.1) is 12.0 Å². The van der Waals surface area contributed by atoms with E-state index in [1.54, 1.807) is 6.07 Å². The maximum Gasteiger partial charge on any atom is 0.170 e. The number of fused-ring (bicyclic) bond motifs is 2. The number of quaternary nitrogens is 1. The number of ketones is 1. The number of carbonyl (C=O) groups excluding carboxylic acids is 1. The van der Waals surface area contributed by atoms with Crippen molar-refractivity contribution in [3.63, 3.8) is 0 Å². The summed E-state index contributed by atoms with van der Waals surface area (Å²) < 4.78 is 17.0. The molecule has 2 heterocycles. The van der Waals surface area contributed by atoms with Gasteiger partial charge in [0.25, 0.3) is 0 Å². The van der Waals surface area contributed by atoms with E-state index in [2.05, 4.69) is 0 Å². The van der Waals surface area contributed by atoms with Crippen molar-refractivity contribution in [2.45, 2.75) is 12.5 Å². The van der Waals surface area contributed by atoms with Gasteiger partial charge in [0, 0.05) is 12.1 Å². The largest absolute Gasteiger partial charge is 0.595 e. The van der Waals surface area contributed by atoms with E-state index >= 15 is 0 Å². The zero-order valence-electron chi connectivity index (χ0n) is 12.7. The van der Waals surface area contributed by atoms with Crippen molar-refractivity contribution in [2.24, 2.45) is 0 Å². The van der Waals surface area contributed by atoms with Crippen molar-refractivity contribution in [1.82, 2.24) is 0 Å². The fourth-order valence-corrected chi connectivity index (χ4v) is 2.90. The standard InChI is InChI=1S/C17H15NO6/c19-13-9-16(10-1-3-15-17(7-10)23-6-5-22-15)24-14-4-2-11(18(20)21)8-12(13)14/h1-4,7-8,16,18,20H,5-6,9H2/t16-/m0/s1. The molecule has 2 atom stereocenters. The van der Waals surface area contributed by atoms with Crippen molar-refractivity contribution in [1.29, 1.82) is 0 Å². The molecule has 7 heteroatoms. The van der Waals surface area contributed by atoms with Crippen LogP contribution < -0.4 is 19.4 Å². The second kappa shape index (κ2) is 5.79. The molecule has 0 fully saturated rings. The quantitative estimate of drug-likeness (QED) is 0.813. The molecule has 0 saturated carbocycles. The smallest absolute Gasteiger partial charge is 0.170 e. The van der Waals surface area contributed by atoms with Crippen molar-refractivity contribution in [3.8, 4) is 17.2 Å². The highest BCUT2D eigenvalue weighted by Gasteiger charge is 2.29. The lowest BCUT2D eigenvalue weighted by Crippen LogP contribution is -2.99. The summed E-state index contributed by atoms with van der Waals surface area (Å²) in [6, 6.07) is 9.80. The van der Waals surface area contributed by atoms with E-state index in [1.165, 1.54) is 18.2 Å². The Hall–Kier alpha value is -2.61. The Morgan fingerprint density at radius 3 is 2.58 bits per heavy atom. The van der Waals surface area contributed by atoms with Crippen LogP contribution >= 0.6 is 0 Å². The normalized spacial score (nSPS) is 20.1. The van der Waals surface area contributed by atoms with Crippen LogP contribution in [0.5, 0.6) is 17.2 Å². The highest BCUT2D eigenvalue weighted by molar-refractivity contribution is 6.00. The van der Waals surface area contributed by atoms with E-state index < -0.39 is 11.3 Å². The summed E-state index contributed by atoms with van der Waals surface area (Å²) in [7, 11) is 0. The predicted molar refractivity (Wildman–Crippen MR) is 82.0 cm³/mol. The Labute approximate surface area is 137 Å². The van der Waals surface area contributed by atoms with Gasteiger partial charge in [0.2, 0.25) is 0 Å². The second-order valence-corrected chi connectivity index (χ2v) is 5.65. The molecule has 0 spiro atoms. The predicted octanol–water partition coefficient (Wildman–Crippen LogP) is 1.57. The van der Waals surface area contributed by atoms with E-state index in [-0.39, 0.29) is 17.9 Å². The minimum absolute atomic E-state index is 0.0727. The lowest BCUT2D eigenvalue weighted by Gasteiger charge is -2.27. The SMILES string of the molecule is O=C1C[C@@H](c2ccc3c(c2)OCCO3)Oc2ccc([NH+]([O-])O)cc21. The maximum absolute atomic E-state index is 12.4. The highest BCUT2D eigenvalue weighted by atomic mass is 16.8. The van der Waals surface area contributed by atoms with E-state index in [1.807, 2.05) is 12.1 Å². The molecular weight excluding hydrogens is 314 g/mol. The molecule has 2 aromatic carbocycles. The summed E-state index contributed by atoms with van der Waals surface area (Å²) in [6.07, 6.45) is -0.285. The third-order valence-electron chi connectivity index (χ3n) is 4.10. The minimum atomic E-state index is -1.07. The van der Waals surface area contributed by atoms with Gasteiger partial charge in [-0.15, -0.1) is 0 Å². The average molecular weight is 329 g/mol. The number of benzene rings is 2. The molecule has 0 aromatic heterocycles. The van der Waals surface area contributed by atoms with Crippen molar-refractivity contribution in [2.75, 3.05) is 13.2 Å². The maximum atomic E-state index is 12.4. The number of Topliss-reactive ketones (excluding diaryl/α,β-unsaturated/α-hetero) is 1. The molecule has 0 bridgehead atoms. The van der Waals surface area contributed by atoms with Crippen LogP contribution in [-0.2, 0) is 0 Å². The molecule has 2 N–H and O–H groups in total. The second-order valence-electron chi connectivity index (χ2n) is 5.65. The van der Waals surface area contributed by atoms with E-state index in [0.29, 0.717) is 36.0 Å². The zero-order chi connectivity index (χ0) is 16.7. The third-order valence-corrected chi connectivity index (χ3v) is 4.10. The summed E-state index contributed by atoms with van der Waals surface area (Å²) in [5.74, 6) is 1.58. The molecule has 24 heavy (non-hydrogen) atoms. The first-order chi connectivity index (χ1) is 11.6. The molecule has 1 unspecified atom stereocenters. The van der Waals surface area contributed by atoms with Gasteiger partial charge in [0.15, 0.2) is 23.0 Å². The molecule has 0 radical (unpaired) electrons. The Bertz CT molecular complexity index is 804. The monoisotopic (exact) mass is 329 g/mol. The molecule has 4 rings (SSSR count). The van der Waals surface area contributed by atoms with Crippen LogP contribution in [0.2, 0.25) is 0 Å². The van der Waals surface area contributed by atoms with Crippen molar-refractivity contribution >= 4 is 11.5 Å². The van der Waals surface area contributed by atoms with E-state index in [9.17, 15) is 10.0 Å². The Balaban J connectivity index is 1.64. The fraction of sp³-hybridized carbons (Fsp3) is 0.235. The zero-order valence-corrected chi connectivity index (χ0v) is 12.7. The fourth-order valence-electron chi connectivity index (χ4n) is 2.90. The highest BCUT2D eigenvalue weighted by Crippen LogP contribution is 2.39. The molecular formula is C17H15NO6. The number of nitrogens with one attached hydrogen (secondary N) is 1. The lowest BCUT2D eigenvalue weighted by atomic mass is 9.95. The van der Waals surface area contributed by atoms with Crippen LogP contribution in [0.25, 0.3) is 0 Å². The van der Waals surface area contributed by atoms with Crippen molar-refractivity contribution < 1.29 is 29.4 Å². The first kappa shape index (κ1) is 14.9. The van der Waals surface area contributed by atoms with Gasteiger partial charge in [-0.2, -0.15) is 5.23 Å². The van der Waals surface area contributed by atoms with Gasteiger partial charge >= 0.3 is 0 Å². The van der Waals surface area contributed by atoms with Crippen LogP contribution in [0.1, 0.15) is 28.4 Å². The summed E-state index contributed by atoms with van der Waals surface area (Å²) in [5, 5.41) is 19.0. The number of ether oxygens (including phenoxy) is 3. The molecule has 0 amide bonds. The average Bonchev–Trinajstić information content (AvgIpc) is 2.61. The van der Waals surface area contributed by atoms with E-state index in [0.717, 1.165) is 5.56 Å². The number of hydrogen-bond acceptors (Lipinski definition) is 6. The van der Waals surface area contributed by atoms with Gasteiger partial charge < -0.3 is 19.4 Å². The summed E-state index contributed by atoms with van der Waals surface area (Å²) in [4.78, 5) is 12.4. The molecule has 0 aliphatic carbocycles. The molecule has 0 saturated heterocycles. The third kappa shape index (κ3) is 2.58. The summed E-state index contributed by atoms with van der Waals surface area (Å²) >= 11 is 0. The Morgan fingerprint density at radius 2 is 1.79 bits per heavy atom. The first-order valence-electron chi connectivity index (χ1n) is 7.58. The van der Waals surface area contributed by atoms with Crippen LogP contribution in [0, 0.1) is 5.21 Å². The van der Waals surface area contributed by atoms with Gasteiger partial charge in [-0.1, -0.05) is 6.07 Å². The number of carbonyl (C=O) groups is 1. The molecule has 7 nitrogen and oxygen atoms in total. The van der Waals surface area contributed by atoms with E-state index in [4.69, 9.17) is 19.4 Å². The molecule has 124 valence electrons. The van der Waals surface area contributed by atoms with Crippen molar-refractivity contribution in [3.05, 3.63) is 52.7 Å². The summed E-state index contributed by atoms with van der Waals surface area (Å²) in [6.45, 7) is 1.01. The van der Waals surface area contributed by atoms with Gasteiger partial charge in [0.1, 0.15) is 25.1 Å². The lowest BCUT2D eigenvalue weighted by molar-refractivity contribution is -0.991. The number of rotatable bonds is 2. The van der Waals surface area contributed by atoms with Crippen LogP contribution in [0.3, 0.4) is 0 Å². The Morgan fingerprint density at radius 1 is 1.04 bits per heavy atom. The van der Waals surface area contributed by atoms with Crippen LogP contribution in [-0.4, -0.2) is 24.2 Å². The molecule has 2 aromatic rings. The summed E-state index contributed by atoms with van der Waals surface area (Å²) in [5.41, 5.74) is 1.20. The van der Waals surface area contributed by atoms with Crippen LogP contribution in [0.15, 0.2) is 36.4 Å². The number of hydrogen-bond donors (Lipinski definition) is 2. The first-order valence-corrected chi connectivity index (χ1v) is 7.58. The van der Waals surface area contributed by atoms with Crippen LogP contribution in [0.4, 0.5) is 5.69 Å².